The van der Waals surface area contributed by atoms with Crippen molar-refractivity contribution in [2.24, 2.45) is 0 Å². The Hall–Kier alpha value is -2.79. The van der Waals surface area contributed by atoms with Crippen LogP contribution in [0.4, 0.5) is 0 Å². The van der Waals surface area contributed by atoms with Gasteiger partial charge in [0.2, 0.25) is 0 Å². The number of carbonyl (C=O) groups is 3. The molecule has 0 N–H and O–H groups in total. The summed E-state index contributed by atoms with van der Waals surface area (Å²) >= 11 is 3.40. The van der Waals surface area contributed by atoms with Crippen molar-refractivity contribution < 1.29 is 19.1 Å². The van der Waals surface area contributed by atoms with Gasteiger partial charge in [-0.15, -0.1) is 0 Å². The van der Waals surface area contributed by atoms with Crippen LogP contribution < -0.4 is 0 Å². The molecule has 0 aliphatic heterocycles. The van der Waals surface area contributed by atoms with Gasteiger partial charge in [0.25, 0.3) is 0 Å². The molecular formula is C21H13BrO4. The van der Waals surface area contributed by atoms with Gasteiger partial charge >= 0.3 is 5.97 Å². The molecule has 1 aliphatic carbocycles. The summed E-state index contributed by atoms with van der Waals surface area (Å²) in [6.07, 6.45) is 0. The highest BCUT2D eigenvalue weighted by atomic mass is 79.9. The number of rotatable bonds is 2. The van der Waals surface area contributed by atoms with Gasteiger partial charge in [-0.1, -0.05) is 46.3 Å². The van der Waals surface area contributed by atoms with Gasteiger partial charge in [0.15, 0.2) is 11.6 Å². The van der Waals surface area contributed by atoms with Crippen LogP contribution in [0.25, 0.3) is 10.8 Å². The molecule has 0 amide bonds. The van der Waals surface area contributed by atoms with Crippen LogP contribution in [0.5, 0.6) is 0 Å². The molecule has 0 fully saturated rings. The maximum absolute atomic E-state index is 13.1. The Morgan fingerprint density at radius 1 is 0.962 bits per heavy atom. The molecule has 3 aromatic rings. The summed E-state index contributed by atoms with van der Waals surface area (Å²) in [5.74, 6) is -1.20. The van der Waals surface area contributed by atoms with E-state index in [-0.39, 0.29) is 34.9 Å². The largest absolute Gasteiger partial charge is 0.462 e. The van der Waals surface area contributed by atoms with Crippen LogP contribution in [0.2, 0.25) is 0 Å². The van der Waals surface area contributed by atoms with E-state index in [0.29, 0.717) is 21.9 Å². The topological polar surface area (TPSA) is 60.4 Å². The van der Waals surface area contributed by atoms with Crippen molar-refractivity contribution in [1.29, 1.82) is 0 Å². The van der Waals surface area contributed by atoms with Gasteiger partial charge < -0.3 is 4.74 Å². The maximum Gasteiger partial charge on any atom is 0.339 e. The van der Waals surface area contributed by atoms with E-state index in [9.17, 15) is 14.4 Å². The predicted octanol–water partition coefficient (Wildman–Crippen LogP) is 4.55. The number of halogens is 1. The lowest BCUT2D eigenvalue weighted by molar-refractivity contribution is 0.0526. The van der Waals surface area contributed by atoms with Gasteiger partial charge in [0.1, 0.15) is 0 Å². The number of benzene rings is 3. The Kier molecular flexibility index (Phi) is 3.96. The minimum atomic E-state index is -0.604. The number of carbonyl (C=O) groups excluding carboxylic acids is 3. The normalized spacial score (nSPS) is 12.7. The summed E-state index contributed by atoms with van der Waals surface area (Å²) in [6.45, 7) is 1.88. The fraction of sp³-hybridized carbons (Fsp3) is 0.0952. The van der Waals surface area contributed by atoms with Crippen molar-refractivity contribution in [3.8, 4) is 0 Å². The molecule has 0 atom stereocenters. The van der Waals surface area contributed by atoms with Crippen LogP contribution in [-0.2, 0) is 4.74 Å². The molecule has 0 bridgehead atoms. The lowest BCUT2D eigenvalue weighted by atomic mass is 9.80. The summed E-state index contributed by atoms with van der Waals surface area (Å²) in [7, 11) is 0. The number of ketones is 2. The van der Waals surface area contributed by atoms with Crippen LogP contribution in [0, 0.1) is 0 Å². The Labute approximate surface area is 157 Å². The van der Waals surface area contributed by atoms with E-state index in [1.165, 1.54) is 0 Å². The number of esters is 1. The number of ether oxygens (including phenoxy) is 1. The van der Waals surface area contributed by atoms with E-state index in [4.69, 9.17) is 4.74 Å². The zero-order valence-electron chi connectivity index (χ0n) is 13.8. The standard InChI is InChI=1S/C21H13BrO4/c1-2-26-21(25)18-15-10-12(22)8-7-11(15)9-16-17(18)20(24)14-6-4-3-5-13(14)19(16)23/h3-10H,2H2,1H3. The predicted molar refractivity (Wildman–Crippen MR) is 101 cm³/mol. The van der Waals surface area contributed by atoms with Crippen LogP contribution >= 0.6 is 15.9 Å². The molecule has 0 spiro atoms. The van der Waals surface area contributed by atoms with E-state index in [1.54, 1.807) is 49.4 Å². The quantitative estimate of drug-likeness (QED) is 0.456. The molecular weight excluding hydrogens is 396 g/mol. The molecule has 0 unspecified atom stereocenters. The molecule has 4 nitrogen and oxygen atoms in total. The van der Waals surface area contributed by atoms with E-state index >= 15 is 0 Å². The number of hydrogen-bond donors (Lipinski definition) is 0. The highest BCUT2D eigenvalue weighted by molar-refractivity contribution is 9.10. The molecule has 0 heterocycles. The van der Waals surface area contributed by atoms with Crippen LogP contribution in [0.1, 0.15) is 49.1 Å². The van der Waals surface area contributed by atoms with Crippen LogP contribution in [-0.4, -0.2) is 24.1 Å². The van der Waals surface area contributed by atoms with Gasteiger partial charge in [-0.3, -0.25) is 9.59 Å². The highest BCUT2D eigenvalue weighted by Gasteiger charge is 2.35. The summed E-state index contributed by atoms with van der Waals surface area (Å²) in [5.41, 5.74) is 1.18. The summed E-state index contributed by atoms with van der Waals surface area (Å²) in [6, 6.07) is 13.7. The second kappa shape index (κ2) is 6.18. The first-order valence-corrected chi connectivity index (χ1v) is 8.94. The summed E-state index contributed by atoms with van der Waals surface area (Å²) in [4.78, 5) is 38.8. The fourth-order valence-electron chi connectivity index (χ4n) is 3.36. The molecule has 128 valence electrons. The van der Waals surface area contributed by atoms with Crippen LogP contribution in [0.3, 0.4) is 0 Å². The van der Waals surface area contributed by atoms with Gasteiger partial charge in [0.05, 0.1) is 12.2 Å². The third kappa shape index (κ3) is 2.39. The molecule has 0 radical (unpaired) electrons. The van der Waals surface area contributed by atoms with Crippen molar-refractivity contribution in [1.82, 2.24) is 0 Å². The number of fused-ring (bicyclic) bond motifs is 3. The zero-order valence-corrected chi connectivity index (χ0v) is 15.4. The average Bonchev–Trinajstić information content (AvgIpc) is 2.64. The summed E-state index contributed by atoms with van der Waals surface area (Å²) in [5, 5.41) is 1.28. The highest BCUT2D eigenvalue weighted by Crippen LogP contribution is 2.35. The Morgan fingerprint density at radius 3 is 2.35 bits per heavy atom. The lowest BCUT2D eigenvalue weighted by Crippen LogP contribution is -2.24. The second-order valence-corrected chi connectivity index (χ2v) is 6.88. The van der Waals surface area contributed by atoms with Crippen molar-refractivity contribution in [2.75, 3.05) is 6.61 Å². The Balaban J connectivity index is 2.13. The van der Waals surface area contributed by atoms with Crippen molar-refractivity contribution in [3.05, 3.63) is 80.8 Å². The van der Waals surface area contributed by atoms with Gasteiger partial charge in [-0.2, -0.15) is 0 Å². The first kappa shape index (κ1) is 16.7. The van der Waals surface area contributed by atoms with E-state index in [0.717, 1.165) is 4.47 Å². The van der Waals surface area contributed by atoms with Gasteiger partial charge in [-0.05, 0) is 35.9 Å². The lowest BCUT2D eigenvalue weighted by Gasteiger charge is -2.21. The minimum absolute atomic E-state index is 0.123. The third-order valence-corrected chi connectivity index (χ3v) is 4.96. The molecule has 1 aliphatic rings. The fourth-order valence-corrected chi connectivity index (χ4v) is 3.72. The van der Waals surface area contributed by atoms with Crippen molar-refractivity contribution in [2.45, 2.75) is 6.92 Å². The SMILES string of the molecule is CCOC(=O)c1c2c(cc3ccc(Br)cc13)C(=O)c1ccccc1C2=O. The zero-order chi connectivity index (χ0) is 18.4. The number of hydrogen-bond acceptors (Lipinski definition) is 4. The second-order valence-electron chi connectivity index (χ2n) is 5.96. The third-order valence-electron chi connectivity index (χ3n) is 4.47. The molecule has 0 saturated carbocycles. The van der Waals surface area contributed by atoms with Crippen molar-refractivity contribution in [3.63, 3.8) is 0 Å². The monoisotopic (exact) mass is 408 g/mol. The molecule has 3 aromatic carbocycles. The minimum Gasteiger partial charge on any atom is -0.462 e. The Morgan fingerprint density at radius 2 is 1.65 bits per heavy atom. The van der Waals surface area contributed by atoms with Crippen molar-refractivity contribution >= 4 is 44.2 Å². The smallest absolute Gasteiger partial charge is 0.339 e. The van der Waals surface area contributed by atoms with E-state index in [2.05, 4.69) is 15.9 Å². The molecule has 5 heteroatoms. The molecule has 26 heavy (non-hydrogen) atoms. The van der Waals surface area contributed by atoms with Gasteiger partial charge in [0, 0.05) is 26.7 Å². The summed E-state index contributed by atoms with van der Waals surface area (Å²) < 4.78 is 5.96. The Bertz CT molecular complexity index is 1110. The molecule has 0 aromatic heterocycles. The van der Waals surface area contributed by atoms with Gasteiger partial charge in [-0.25, -0.2) is 4.79 Å². The molecule has 4 rings (SSSR count). The van der Waals surface area contributed by atoms with E-state index in [1.807, 2.05) is 6.07 Å². The van der Waals surface area contributed by atoms with Crippen LogP contribution in [0.15, 0.2) is 53.0 Å². The first-order valence-electron chi connectivity index (χ1n) is 8.14. The average molecular weight is 409 g/mol. The molecule has 0 saturated heterocycles. The van der Waals surface area contributed by atoms with E-state index < -0.39 is 5.97 Å². The maximum atomic E-state index is 13.1. The first-order chi connectivity index (χ1) is 12.5.